The minimum absolute atomic E-state index is 0.0167. The number of carbonyl (C=O) groups excluding carboxylic acids is 3. The van der Waals surface area contributed by atoms with Crippen LogP contribution < -0.4 is 14.8 Å². The number of benzene rings is 2. The third-order valence-electron chi connectivity index (χ3n) is 4.61. The zero-order chi connectivity index (χ0) is 23.0. The smallest absolute Gasteiger partial charge is 0.308 e. The number of hydrogen-bond donors (Lipinski definition) is 2. The first kappa shape index (κ1) is 23.2. The molecule has 8 nitrogen and oxygen atoms in total. The van der Waals surface area contributed by atoms with Gasteiger partial charge in [-0.3, -0.25) is 14.4 Å². The molecule has 2 aromatic carbocycles. The molecule has 2 N–H and O–H groups in total. The van der Waals surface area contributed by atoms with Crippen molar-refractivity contribution in [1.29, 1.82) is 0 Å². The second-order valence-electron chi connectivity index (χ2n) is 7.04. The van der Waals surface area contributed by atoms with Crippen molar-refractivity contribution in [3.63, 3.8) is 0 Å². The summed E-state index contributed by atoms with van der Waals surface area (Å²) in [5.74, 6) is -1.14. The van der Waals surface area contributed by atoms with E-state index in [4.69, 9.17) is 9.47 Å². The maximum absolute atomic E-state index is 12.9. The number of ether oxygens (including phenoxy) is 2. The molecule has 9 heteroatoms. The van der Waals surface area contributed by atoms with Crippen molar-refractivity contribution in [2.45, 2.75) is 26.0 Å². The van der Waals surface area contributed by atoms with Crippen LogP contribution in [-0.4, -0.2) is 41.6 Å². The molecule has 2 aromatic rings. The van der Waals surface area contributed by atoms with Crippen LogP contribution in [0, 0.1) is 0 Å². The van der Waals surface area contributed by atoms with Crippen LogP contribution in [-0.2, 0) is 19.1 Å². The summed E-state index contributed by atoms with van der Waals surface area (Å²) in [5.41, 5.74) is -0.147. The highest BCUT2D eigenvalue weighted by Gasteiger charge is 2.57. The number of rotatable bonds is 10. The first-order chi connectivity index (χ1) is 15.4. The Morgan fingerprint density at radius 1 is 1.12 bits per heavy atom. The Labute approximate surface area is 191 Å². The van der Waals surface area contributed by atoms with Crippen LogP contribution in [0.4, 0.5) is 5.69 Å². The third kappa shape index (κ3) is 5.82. The summed E-state index contributed by atoms with van der Waals surface area (Å²) >= 11 is 1.31. The topological polar surface area (TPSA) is 97.0 Å². The molecular weight excluding hydrogens is 430 g/mol. The molecule has 1 aliphatic rings. The number of allylic oxidation sites excluding steroid dienone is 1. The van der Waals surface area contributed by atoms with E-state index < -0.39 is 23.5 Å². The molecule has 0 radical (unpaired) electrons. The molecule has 1 atom stereocenters. The largest absolute Gasteiger partial charge is 0.484 e. The minimum Gasteiger partial charge on any atom is -0.484 e. The van der Waals surface area contributed by atoms with E-state index in [2.05, 4.69) is 10.0 Å². The number of nitrogens with zero attached hydrogens (tertiary/aromatic N) is 1. The van der Waals surface area contributed by atoms with Gasteiger partial charge in [-0.05, 0) is 43.1 Å². The lowest BCUT2D eigenvalue weighted by molar-refractivity contribution is -0.198. The summed E-state index contributed by atoms with van der Waals surface area (Å²) in [4.78, 5) is 38.7. The zero-order valence-electron chi connectivity index (χ0n) is 17.9. The average molecular weight is 456 g/mol. The second kappa shape index (κ2) is 10.7. The fourth-order valence-corrected chi connectivity index (χ4v) is 3.54. The Morgan fingerprint density at radius 3 is 2.41 bits per heavy atom. The lowest BCUT2D eigenvalue weighted by atomic mass is 10.0. The number of hydrogen-bond acceptors (Lipinski definition) is 7. The number of amides is 2. The number of likely N-dealkylation sites (tertiary alicyclic amines) is 1. The van der Waals surface area contributed by atoms with Gasteiger partial charge in [0.25, 0.3) is 17.5 Å². The van der Waals surface area contributed by atoms with E-state index in [-0.39, 0.29) is 19.6 Å². The number of carbonyl (C=O) groups is 3. The van der Waals surface area contributed by atoms with Gasteiger partial charge in [0.05, 0.1) is 6.54 Å². The Bertz CT molecular complexity index is 984. The summed E-state index contributed by atoms with van der Waals surface area (Å²) < 4.78 is 13.9. The van der Waals surface area contributed by atoms with Crippen LogP contribution in [0.5, 0.6) is 5.75 Å². The van der Waals surface area contributed by atoms with Crippen LogP contribution in [0.15, 0.2) is 71.8 Å². The molecule has 0 saturated carbocycles. The van der Waals surface area contributed by atoms with Crippen molar-refractivity contribution in [3.8, 4) is 5.75 Å². The fourth-order valence-electron chi connectivity index (χ4n) is 2.91. The molecule has 32 heavy (non-hydrogen) atoms. The number of anilines is 1. The SMILES string of the molecule is CCC(=O)OC1(NC(=O)COc2ccccc2)CN(/C(C)=C/SNc2ccccc2)C1=O. The highest BCUT2D eigenvalue weighted by atomic mass is 32.2. The number of esters is 1. The van der Waals surface area contributed by atoms with Gasteiger partial charge in [0.15, 0.2) is 6.61 Å². The lowest BCUT2D eigenvalue weighted by Gasteiger charge is -2.47. The quantitative estimate of drug-likeness (QED) is 0.246. The maximum Gasteiger partial charge on any atom is 0.308 e. The standard InChI is InChI=1S/C23H25N3O5S/c1-3-21(28)31-23(24-20(27)14-30-19-12-8-5-9-13-19)16-26(22(23)29)17(2)15-32-25-18-10-6-4-7-11-18/h4-13,15,25H,3,14,16H2,1-2H3,(H,24,27)/b17-15+. The van der Waals surface area contributed by atoms with Crippen molar-refractivity contribution in [1.82, 2.24) is 10.2 Å². The van der Waals surface area contributed by atoms with Crippen LogP contribution in [0.1, 0.15) is 20.3 Å². The van der Waals surface area contributed by atoms with Crippen LogP contribution in [0.3, 0.4) is 0 Å². The van der Waals surface area contributed by atoms with E-state index in [1.165, 1.54) is 16.8 Å². The maximum atomic E-state index is 12.9. The van der Waals surface area contributed by atoms with Gasteiger partial charge in [-0.15, -0.1) is 0 Å². The monoisotopic (exact) mass is 455 g/mol. The van der Waals surface area contributed by atoms with Crippen molar-refractivity contribution in [2.75, 3.05) is 17.9 Å². The molecule has 1 saturated heterocycles. The molecule has 1 aliphatic heterocycles. The van der Waals surface area contributed by atoms with E-state index in [0.717, 1.165) is 5.69 Å². The number of β-lactam (4-membered cyclic amide) rings is 1. The highest BCUT2D eigenvalue weighted by molar-refractivity contribution is 8.03. The molecule has 1 unspecified atom stereocenters. The van der Waals surface area contributed by atoms with Crippen molar-refractivity contribution < 1.29 is 23.9 Å². The van der Waals surface area contributed by atoms with E-state index >= 15 is 0 Å². The molecule has 0 aliphatic carbocycles. The van der Waals surface area contributed by atoms with E-state index in [0.29, 0.717) is 11.4 Å². The zero-order valence-corrected chi connectivity index (χ0v) is 18.7. The normalized spacial score (nSPS) is 17.9. The Kier molecular flexibility index (Phi) is 7.77. The first-order valence-corrected chi connectivity index (χ1v) is 11.0. The molecule has 0 bridgehead atoms. The van der Waals surface area contributed by atoms with Gasteiger partial charge in [0.2, 0.25) is 0 Å². The van der Waals surface area contributed by atoms with E-state index in [1.54, 1.807) is 43.5 Å². The lowest BCUT2D eigenvalue weighted by Crippen LogP contribution is -2.75. The molecule has 1 fully saturated rings. The molecule has 1 heterocycles. The van der Waals surface area contributed by atoms with E-state index in [9.17, 15) is 14.4 Å². The molecular formula is C23H25N3O5S. The first-order valence-electron chi connectivity index (χ1n) is 10.1. The molecule has 168 valence electrons. The van der Waals surface area contributed by atoms with Gasteiger partial charge < -0.3 is 24.4 Å². The summed E-state index contributed by atoms with van der Waals surface area (Å²) in [6.45, 7) is 3.09. The van der Waals surface area contributed by atoms with Crippen LogP contribution in [0.2, 0.25) is 0 Å². The Balaban J connectivity index is 1.60. The molecule has 0 spiro atoms. The average Bonchev–Trinajstić information content (AvgIpc) is 2.82. The summed E-state index contributed by atoms with van der Waals surface area (Å²) in [5, 5.41) is 4.31. The van der Waals surface area contributed by atoms with Gasteiger partial charge in [-0.1, -0.05) is 43.3 Å². The van der Waals surface area contributed by atoms with Gasteiger partial charge in [-0.2, -0.15) is 0 Å². The third-order valence-corrected chi connectivity index (χ3v) is 5.42. The predicted octanol–water partition coefficient (Wildman–Crippen LogP) is 3.29. The Morgan fingerprint density at radius 2 is 1.78 bits per heavy atom. The minimum atomic E-state index is -1.73. The van der Waals surface area contributed by atoms with Gasteiger partial charge in [-0.25, -0.2) is 0 Å². The number of para-hydroxylation sites is 2. The van der Waals surface area contributed by atoms with Crippen molar-refractivity contribution in [2.24, 2.45) is 0 Å². The molecule has 3 rings (SSSR count). The second-order valence-corrected chi connectivity index (χ2v) is 7.72. The van der Waals surface area contributed by atoms with E-state index in [1.807, 2.05) is 36.4 Å². The highest BCUT2D eigenvalue weighted by Crippen LogP contribution is 2.30. The van der Waals surface area contributed by atoms with Gasteiger partial charge in [0.1, 0.15) is 5.75 Å². The van der Waals surface area contributed by atoms with Gasteiger partial charge in [0, 0.05) is 23.2 Å². The summed E-state index contributed by atoms with van der Waals surface area (Å²) in [7, 11) is 0. The fraction of sp³-hybridized carbons (Fsp3) is 0.261. The van der Waals surface area contributed by atoms with Crippen molar-refractivity contribution >= 4 is 35.4 Å². The number of nitrogens with one attached hydrogen (secondary N) is 2. The predicted molar refractivity (Wildman–Crippen MR) is 122 cm³/mol. The van der Waals surface area contributed by atoms with Crippen molar-refractivity contribution in [3.05, 3.63) is 71.8 Å². The van der Waals surface area contributed by atoms with Gasteiger partial charge >= 0.3 is 5.97 Å². The van der Waals surface area contributed by atoms with Crippen LogP contribution in [0.25, 0.3) is 0 Å². The molecule has 2 amide bonds. The molecule has 0 aromatic heterocycles. The van der Waals surface area contributed by atoms with Crippen LogP contribution >= 0.6 is 11.9 Å². The summed E-state index contributed by atoms with van der Waals surface area (Å²) in [6, 6.07) is 18.4. The summed E-state index contributed by atoms with van der Waals surface area (Å²) in [6.07, 6.45) is 0.0804. The Hall–Kier alpha value is -3.46.